The minimum atomic E-state index is -0.754. The van der Waals surface area contributed by atoms with Crippen molar-refractivity contribution >= 4 is 17.3 Å². The highest BCUT2D eigenvalue weighted by molar-refractivity contribution is 7.12. The Hall–Kier alpha value is -0.870. The van der Waals surface area contributed by atoms with Gasteiger partial charge in [0.05, 0.1) is 6.42 Å². The molecule has 0 aliphatic heterocycles. The van der Waals surface area contributed by atoms with Crippen molar-refractivity contribution in [3.8, 4) is 0 Å². The fraction of sp³-hybridized carbons (Fsp3) is 0.667. The summed E-state index contributed by atoms with van der Waals surface area (Å²) in [7, 11) is 0. The average molecular weight is 281 g/mol. The average Bonchev–Trinajstić information content (AvgIpc) is 2.78. The number of aliphatic carboxylic acids is 1. The van der Waals surface area contributed by atoms with E-state index in [2.05, 4.69) is 19.2 Å². The highest BCUT2D eigenvalue weighted by atomic mass is 32.1. The highest BCUT2D eigenvalue weighted by Gasteiger charge is 2.26. The monoisotopic (exact) mass is 281 g/mol. The van der Waals surface area contributed by atoms with E-state index < -0.39 is 5.97 Å². The molecule has 1 aliphatic rings. The number of carboxylic acids is 1. The Balaban J connectivity index is 1.84. The summed E-state index contributed by atoms with van der Waals surface area (Å²) in [5.74, 6) is 0.778. The molecule has 0 bridgehead atoms. The lowest BCUT2D eigenvalue weighted by Crippen LogP contribution is -2.40. The summed E-state index contributed by atoms with van der Waals surface area (Å²) < 4.78 is 0. The van der Waals surface area contributed by atoms with Crippen LogP contribution in [0.2, 0.25) is 0 Å². The molecule has 1 saturated carbocycles. The third kappa shape index (κ3) is 4.05. The molecular weight excluding hydrogens is 258 g/mol. The number of nitrogens with one attached hydrogen (secondary N) is 1. The van der Waals surface area contributed by atoms with Crippen molar-refractivity contribution in [3.63, 3.8) is 0 Å². The molecule has 1 fully saturated rings. The number of thiophene rings is 1. The minimum Gasteiger partial charge on any atom is -0.481 e. The summed E-state index contributed by atoms with van der Waals surface area (Å²) in [5, 5.41) is 12.4. The van der Waals surface area contributed by atoms with Crippen LogP contribution in [-0.2, 0) is 17.8 Å². The predicted molar refractivity (Wildman–Crippen MR) is 78.5 cm³/mol. The van der Waals surface area contributed by atoms with Gasteiger partial charge in [0.2, 0.25) is 0 Å². The van der Waals surface area contributed by atoms with Gasteiger partial charge in [-0.3, -0.25) is 4.79 Å². The van der Waals surface area contributed by atoms with Crippen LogP contribution in [0, 0.1) is 11.8 Å². The Morgan fingerprint density at radius 2 is 2.11 bits per heavy atom. The third-order valence-corrected chi connectivity index (χ3v) is 5.37. The number of carboxylic acid groups (broad SMARTS) is 1. The maximum atomic E-state index is 10.7. The molecule has 3 unspecified atom stereocenters. The van der Waals surface area contributed by atoms with Gasteiger partial charge < -0.3 is 10.4 Å². The van der Waals surface area contributed by atoms with Crippen LogP contribution in [0.25, 0.3) is 0 Å². The van der Waals surface area contributed by atoms with Gasteiger partial charge in [-0.2, -0.15) is 0 Å². The maximum Gasteiger partial charge on any atom is 0.308 e. The number of hydrogen-bond acceptors (Lipinski definition) is 3. The smallest absolute Gasteiger partial charge is 0.308 e. The lowest BCUT2D eigenvalue weighted by atomic mass is 9.78. The molecule has 0 aromatic carbocycles. The van der Waals surface area contributed by atoms with Gasteiger partial charge in [0, 0.05) is 22.3 Å². The highest BCUT2D eigenvalue weighted by Crippen LogP contribution is 2.30. The first-order valence-electron chi connectivity index (χ1n) is 7.09. The molecule has 0 amide bonds. The van der Waals surface area contributed by atoms with E-state index in [0.29, 0.717) is 6.04 Å². The largest absolute Gasteiger partial charge is 0.481 e. The summed E-state index contributed by atoms with van der Waals surface area (Å²) in [4.78, 5) is 12.8. The number of carbonyl (C=O) groups is 1. The molecule has 19 heavy (non-hydrogen) atoms. The van der Waals surface area contributed by atoms with E-state index in [1.165, 1.54) is 24.1 Å². The van der Waals surface area contributed by atoms with Crippen molar-refractivity contribution in [1.29, 1.82) is 0 Å². The predicted octanol–water partition coefficient (Wildman–Crippen LogP) is 3.29. The van der Waals surface area contributed by atoms with Crippen LogP contribution in [0.5, 0.6) is 0 Å². The van der Waals surface area contributed by atoms with E-state index in [9.17, 15) is 4.79 Å². The summed E-state index contributed by atoms with van der Waals surface area (Å²) >= 11 is 1.61. The van der Waals surface area contributed by atoms with Gasteiger partial charge in [-0.05, 0) is 30.4 Å². The van der Waals surface area contributed by atoms with E-state index in [1.54, 1.807) is 11.3 Å². The van der Waals surface area contributed by atoms with Gasteiger partial charge in [0.1, 0.15) is 0 Å². The van der Waals surface area contributed by atoms with E-state index >= 15 is 0 Å². The summed E-state index contributed by atoms with van der Waals surface area (Å²) in [5.41, 5.74) is 0. The van der Waals surface area contributed by atoms with Gasteiger partial charge >= 0.3 is 5.97 Å². The summed E-state index contributed by atoms with van der Waals surface area (Å²) in [6.07, 6.45) is 4.07. The molecule has 1 aromatic rings. The zero-order valence-electron chi connectivity index (χ0n) is 11.7. The van der Waals surface area contributed by atoms with Gasteiger partial charge in [-0.15, -0.1) is 11.3 Å². The van der Waals surface area contributed by atoms with Crippen LogP contribution >= 0.6 is 11.3 Å². The number of hydrogen-bond donors (Lipinski definition) is 2. The maximum absolute atomic E-state index is 10.7. The first-order chi connectivity index (χ1) is 9.06. The number of rotatable bonds is 5. The Kier molecular flexibility index (Phi) is 4.99. The summed E-state index contributed by atoms with van der Waals surface area (Å²) in [6, 6.07) is 4.59. The quantitative estimate of drug-likeness (QED) is 0.870. The van der Waals surface area contributed by atoms with Crippen LogP contribution in [0.1, 0.15) is 42.9 Å². The van der Waals surface area contributed by atoms with Gasteiger partial charge in [-0.1, -0.05) is 26.7 Å². The van der Waals surface area contributed by atoms with Crippen molar-refractivity contribution in [1.82, 2.24) is 5.32 Å². The fourth-order valence-corrected chi connectivity index (χ4v) is 3.82. The van der Waals surface area contributed by atoms with E-state index in [-0.39, 0.29) is 6.42 Å². The first kappa shape index (κ1) is 14.5. The molecule has 2 rings (SSSR count). The molecule has 1 aliphatic carbocycles. The third-order valence-electron chi connectivity index (χ3n) is 4.29. The Labute approximate surface area is 119 Å². The molecule has 1 aromatic heterocycles. The molecule has 106 valence electrons. The molecule has 0 spiro atoms. The van der Waals surface area contributed by atoms with Crippen molar-refractivity contribution < 1.29 is 9.90 Å². The fourth-order valence-electron chi connectivity index (χ4n) is 2.86. The lowest BCUT2D eigenvalue weighted by Gasteiger charge is -2.34. The Bertz CT molecular complexity index is 430. The minimum absolute atomic E-state index is 0.140. The molecule has 3 atom stereocenters. The van der Waals surface area contributed by atoms with Gasteiger partial charge in [0.15, 0.2) is 0 Å². The van der Waals surface area contributed by atoms with Gasteiger partial charge in [-0.25, -0.2) is 0 Å². The van der Waals surface area contributed by atoms with E-state index in [0.717, 1.165) is 23.3 Å². The molecule has 1 heterocycles. The van der Waals surface area contributed by atoms with Crippen LogP contribution in [-0.4, -0.2) is 17.1 Å². The van der Waals surface area contributed by atoms with Crippen LogP contribution in [0.4, 0.5) is 0 Å². The van der Waals surface area contributed by atoms with Crippen LogP contribution < -0.4 is 5.32 Å². The zero-order valence-corrected chi connectivity index (χ0v) is 12.5. The SMILES string of the molecule is CC1CCCC(NCc2ccc(CC(=O)O)s2)C1C. The molecule has 2 N–H and O–H groups in total. The van der Waals surface area contributed by atoms with Crippen molar-refractivity contribution in [2.45, 2.75) is 52.1 Å². The van der Waals surface area contributed by atoms with Crippen molar-refractivity contribution in [3.05, 3.63) is 21.9 Å². The first-order valence-corrected chi connectivity index (χ1v) is 7.90. The second-order valence-electron chi connectivity index (χ2n) is 5.69. The molecule has 3 nitrogen and oxygen atoms in total. The standard InChI is InChI=1S/C15H23NO2S/c1-10-4-3-5-14(11(10)2)16-9-13-7-6-12(19-13)8-15(17)18/h6-7,10-11,14,16H,3-5,8-9H2,1-2H3,(H,17,18). The lowest BCUT2D eigenvalue weighted by molar-refractivity contribution is -0.136. The topological polar surface area (TPSA) is 49.3 Å². The van der Waals surface area contributed by atoms with Gasteiger partial charge in [0.25, 0.3) is 0 Å². The van der Waals surface area contributed by atoms with E-state index in [1.807, 2.05) is 12.1 Å². The molecule has 0 saturated heterocycles. The molecule has 4 heteroatoms. The Morgan fingerprint density at radius 3 is 2.84 bits per heavy atom. The van der Waals surface area contributed by atoms with E-state index in [4.69, 9.17) is 5.11 Å². The molecular formula is C15H23NO2S. The van der Waals surface area contributed by atoms with Crippen molar-refractivity contribution in [2.24, 2.45) is 11.8 Å². The second-order valence-corrected chi connectivity index (χ2v) is 6.95. The summed E-state index contributed by atoms with van der Waals surface area (Å²) in [6.45, 7) is 5.55. The van der Waals surface area contributed by atoms with Crippen LogP contribution in [0.15, 0.2) is 12.1 Å². The molecule has 0 radical (unpaired) electrons. The second kappa shape index (κ2) is 6.53. The van der Waals surface area contributed by atoms with Crippen molar-refractivity contribution in [2.75, 3.05) is 0 Å². The Morgan fingerprint density at radius 1 is 1.37 bits per heavy atom. The normalized spacial score (nSPS) is 27.4. The van der Waals surface area contributed by atoms with Crippen LogP contribution in [0.3, 0.4) is 0 Å². The zero-order chi connectivity index (χ0) is 13.8.